The van der Waals surface area contributed by atoms with E-state index < -0.39 is 0 Å². The SMILES string of the molecule is C[C@@H]1CNC(C(=O)P)C1. The Balaban J connectivity index is 2.39. The predicted molar refractivity (Wildman–Crippen MR) is 40.3 cm³/mol. The summed E-state index contributed by atoms with van der Waals surface area (Å²) < 4.78 is 0. The van der Waals surface area contributed by atoms with Crippen LogP contribution in [-0.2, 0) is 4.79 Å². The molecule has 9 heavy (non-hydrogen) atoms. The number of rotatable bonds is 1. The van der Waals surface area contributed by atoms with E-state index in [1.807, 2.05) is 0 Å². The first-order chi connectivity index (χ1) is 4.20. The van der Waals surface area contributed by atoms with Gasteiger partial charge in [-0.1, -0.05) is 16.2 Å². The molecule has 2 unspecified atom stereocenters. The van der Waals surface area contributed by atoms with Crippen LogP contribution in [0.5, 0.6) is 0 Å². The highest BCUT2D eigenvalue weighted by Gasteiger charge is 2.23. The van der Waals surface area contributed by atoms with Crippen LogP contribution in [0.25, 0.3) is 0 Å². The van der Waals surface area contributed by atoms with Gasteiger partial charge in [-0.15, -0.1) is 0 Å². The monoisotopic (exact) mass is 145 g/mol. The zero-order valence-electron chi connectivity index (χ0n) is 5.55. The lowest BCUT2D eigenvalue weighted by Crippen LogP contribution is -2.26. The van der Waals surface area contributed by atoms with Crippen molar-refractivity contribution in [3.63, 3.8) is 0 Å². The van der Waals surface area contributed by atoms with Gasteiger partial charge in [0.15, 0.2) is 5.52 Å². The number of nitrogens with one attached hydrogen (secondary N) is 1. The number of carbonyl (C=O) groups is 1. The minimum atomic E-state index is 0.116. The lowest BCUT2D eigenvalue weighted by molar-refractivity contribution is -0.112. The maximum absolute atomic E-state index is 10.7. The second-order valence-electron chi connectivity index (χ2n) is 2.70. The number of carbonyl (C=O) groups excluding carboxylic acids is 1. The van der Waals surface area contributed by atoms with Gasteiger partial charge in [0, 0.05) is 0 Å². The molecule has 0 radical (unpaired) electrons. The highest BCUT2D eigenvalue weighted by Crippen LogP contribution is 2.14. The first-order valence-corrected chi connectivity index (χ1v) is 3.80. The highest BCUT2D eigenvalue weighted by atomic mass is 31.0. The van der Waals surface area contributed by atoms with Gasteiger partial charge in [0.2, 0.25) is 0 Å². The predicted octanol–water partition coefficient (Wildman–Crippen LogP) is 0.386. The van der Waals surface area contributed by atoms with Crippen LogP contribution in [-0.4, -0.2) is 18.1 Å². The van der Waals surface area contributed by atoms with Crippen molar-refractivity contribution in [1.82, 2.24) is 5.32 Å². The summed E-state index contributed by atoms with van der Waals surface area (Å²) in [5.74, 6) is 0.666. The van der Waals surface area contributed by atoms with E-state index in [2.05, 4.69) is 21.5 Å². The third-order valence-corrected chi connectivity index (χ3v) is 2.10. The molecule has 3 heteroatoms. The minimum absolute atomic E-state index is 0.116. The molecule has 0 amide bonds. The molecule has 0 aromatic carbocycles. The molecule has 0 saturated carbocycles. The maximum Gasteiger partial charge on any atom is 0.165 e. The summed E-state index contributed by atoms with van der Waals surface area (Å²) in [6, 6.07) is 0.116. The highest BCUT2D eigenvalue weighted by molar-refractivity contribution is 7.40. The Bertz CT molecular complexity index is 126. The fourth-order valence-electron chi connectivity index (χ4n) is 1.13. The van der Waals surface area contributed by atoms with Crippen molar-refractivity contribution in [3.8, 4) is 0 Å². The average molecular weight is 145 g/mol. The van der Waals surface area contributed by atoms with Gasteiger partial charge in [0.1, 0.15) is 0 Å². The smallest absolute Gasteiger partial charge is 0.165 e. The van der Waals surface area contributed by atoms with Crippen LogP contribution in [0, 0.1) is 5.92 Å². The van der Waals surface area contributed by atoms with Crippen molar-refractivity contribution >= 4 is 14.8 Å². The Morgan fingerprint density at radius 3 is 2.67 bits per heavy atom. The van der Waals surface area contributed by atoms with E-state index in [4.69, 9.17) is 0 Å². The third kappa shape index (κ3) is 1.74. The van der Waals surface area contributed by atoms with E-state index in [-0.39, 0.29) is 11.6 Å². The van der Waals surface area contributed by atoms with Gasteiger partial charge < -0.3 is 5.32 Å². The number of hydrogen-bond acceptors (Lipinski definition) is 2. The zero-order chi connectivity index (χ0) is 6.85. The van der Waals surface area contributed by atoms with Crippen LogP contribution in [0.1, 0.15) is 13.3 Å². The topological polar surface area (TPSA) is 29.1 Å². The molecule has 2 nitrogen and oxygen atoms in total. The van der Waals surface area contributed by atoms with Gasteiger partial charge in [-0.05, 0) is 18.9 Å². The van der Waals surface area contributed by atoms with Crippen molar-refractivity contribution in [1.29, 1.82) is 0 Å². The molecule has 1 N–H and O–H groups in total. The quantitative estimate of drug-likeness (QED) is 0.540. The molecule has 0 spiro atoms. The summed E-state index contributed by atoms with van der Waals surface area (Å²) >= 11 is 0. The Hall–Kier alpha value is 0.0600. The van der Waals surface area contributed by atoms with Gasteiger partial charge in [0.05, 0.1) is 6.04 Å². The number of hydrogen-bond donors (Lipinski definition) is 1. The van der Waals surface area contributed by atoms with Crippen LogP contribution in [0.2, 0.25) is 0 Å². The van der Waals surface area contributed by atoms with Crippen molar-refractivity contribution in [3.05, 3.63) is 0 Å². The van der Waals surface area contributed by atoms with E-state index in [1.165, 1.54) is 0 Å². The van der Waals surface area contributed by atoms with E-state index in [0.717, 1.165) is 13.0 Å². The lowest BCUT2D eigenvalue weighted by atomic mass is 10.1. The molecule has 1 saturated heterocycles. The third-order valence-electron chi connectivity index (χ3n) is 1.69. The fraction of sp³-hybridized carbons (Fsp3) is 0.833. The summed E-state index contributed by atoms with van der Waals surface area (Å²) in [5.41, 5.74) is 0.194. The lowest BCUT2D eigenvalue weighted by Gasteiger charge is -2.01. The molecule has 1 fully saturated rings. The zero-order valence-corrected chi connectivity index (χ0v) is 6.71. The summed E-state index contributed by atoms with van der Waals surface area (Å²) in [5, 5.41) is 3.14. The second kappa shape index (κ2) is 2.76. The Labute approximate surface area is 57.6 Å². The molecule has 3 atom stereocenters. The van der Waals surface area contributed by atoms with Crippen LogP contribution in [0.15, 0.2) is 0 Å². The largest absolute Gasteiger partial charge is 0.307 e. The van der Waals surface area contributed by atoms with Crippen molar-refractivity contribution in [2.75, 3.05) is 6.54 Å². The van der Waals surface area contributed by atoms with Crippen molar-refractivity contribution in [2.45, 2.75) is 19.4 Å². The average Bonchev–Trinajstić information content (AvgIpc) is 2.14. The van der Waals surface area contributed by atoms with Crippen LogP contribution >= 0.6 is 9.24 Å². The van der Waals surface area contributed by atoms with Crippen LogP contribution in [0.3, 0.4) is 0 Å². The van der Waals surface area contributed by atoms with E-state index in [9.17, 15) is 4.79 Å². The minimum Gasteiger partial charge on any atom is -0.307 e. The molecular weight excluding hydrogens is 133 g/mol. The van der Waals surface area contributed by atoms with Gasteiger partial charge in [0.25, 0.3) is 0 Å². The first-order valence-electron chi connectivity index (χ1n) is 3.23. The summed E-state index contributed by atoms with van der Waals surface area (Å²) in [7, 11) is 2.22. The summed E-state index contributed by atoms with van der Waals surface area (Å²) in [6.07, 6.45) is 1.00. The normalized spacial score (nSPS) is 34.9. The Morgan fingerprint density at radius 1 is 1.78 bits per heavy atom. The molecule has 0 bridgehead atoms. The van der Waals surface area contributed by atoms with Crippen molar-refractivity contribution < 1.29 is 4.79 Å². The van der Waals surface area contributed by atoms with Gasteiger partial charge in [-0.3, -0.25) is 4.79 Å². The Morgan fingerprint density at radius 2 is 2.44 bits per heavy atom. The molecule has 1 rings (SSSR count). The molecule has 1 aliphatic rings. The first kappa shape index (κ1) is 7.17. The molecule has 0 aromatic rings. The fourth-order valence-corrected chi connectivity index (χ4v) is 1.38. The molecule has 0 aromatic heterocycles. The summed E-state index contributed by atoms with van der Waals surface area (Å²) in [6.45, 7) is 3.14. The molecule has 1 heterocycles. The van der Waals surface area contributed by atoms with Gasteiger partial charge >= 0.3 is 0 Å². The Kier molecular flexibility index (Phi) is 2.20. The van der Waals surface area contributed by atoms with Crippen LogP contribution < -0.4 is 5.32 Å². The van der Waals surface area contributed by atoms with E-state index in [0.29, 0.717) is 5.92 Å². The maximum atomic E-state index is 10.7. The molecule has 1 aliphatic heterocycles. The van der Waals surface area contributed by atoms with Gasteiger partial charge in [-0.25, -0.2) is 0 Å². The van der Waals surface area contributed by atoms with E-state index in [1.54, 1.807) is 0 Å². The molecule has 52 valence electrons. The molecular formula is C6H12NOP. The summed E-state index contributed by atoms with van der Waals surface area (Å²) in [4.78, 5) is 10.7. The molecule has 0 aliphatic carbocycles. The van der Waals surface area contributed by atoms with Crippen molar-refractivity contribution in [2.24, 2.45) is 5.92 Å². The van der Waals surface area contributed by atoms with Crippen LogP contribution in [0.4, 0.5) is 0 Å². The van der Waals surface area contributed by atoms with E-state index >= 15 is 0 Å². The van der Waals surface area contributed by atoms with Gasteiger partial charge in [-0.2, -0.15) is 0 Å². The standard InChI is InChI=1S/C6H12NOP/c1-4-2-5(6(8)9)7-3-4/h4-5,7H,2-3,9H2,1H3/t4-,5?/m0/s1. The second-order valence-corrected chi connectivity index (χ2v) is 3.27.